The van der Waals surface area contributed by atoms with E-state index in [1.54, 1.807) is 0 Å². The maximum Gasteiger partial charge on any atom is 0.0221 e. The van der Waals surface area contributed by atoms with Crippen molar-refractivity contribution in [3.8, 4) is 0 Å². The van der Waals surface area contributed by atoms with Crippen LogP contribution in [0.5, 0.6) is 0 Å². The molecule has 1 aliphatic heterocycles. The first-order valence-electron chi connectivity index (χ1n) is 8.23. The summed E-state index contributed by atoms with van der Waals surface area (Å²) in [4.78, 5) is 2.67. The molecule has 0 aromatic heterocycles. The summed E-state index contributed by atoms with van der Waals surface area (Å²) in [5, 5.41) is 3.68. The van der Waals surface area contributed by atoms with Gasteiger partial charge in [0.15, 0.2) is 0 Å². The van der Waals surface area contributed by atoms with Crippen molar-refractivity contribution >= 4 is 0 Å². The number of hydrogen-bond acceptors (Lipinski definition) is 2. The van der Waals surface area contributed by atoms with E-state index in [1.807, 2.05) is 0 Å². The second-order valence-electron chi connectivity index (χ2n) is 6.01. The summed E-state index contributed by atoms with van der Waals surface area (Å²) >= 11 is 0. The van der Waals surface area contributed by atoms with Gasteiger partial charge in [-0.3, -0.25) is 0 Å². The maximum atomic E-state index is 3.68. The Kier molecular flexibility index (Phi) is 8.70. The molecule has 1 saturated heterocycles. The smallest absolute Gasteiger partial charge is 0.0221 e. The summed E-state index contributed by atoms with van der Waals surface area (Å²) in [7, 11) is 0. The molecule has 1 rings (SSSR count). The third kappa shape index (κ3) is 6.19. The predicted octanol–water partition coefficient (Wildman–Crippen LogP) is 3.67. The van der Waals surface area contributed by atoms with Crippen LogP contribution in [0.2, 0.25) is 0 Å². The normalized spacial score (nSPS) is 23.2. The fourth-order valence-corrected chi connectivity index (χ4v) is 2.83. The fraction of sp³-hybridized carbons (Fsp3) is 1.00. The Hall–Kier alpha value is -0.0800. The molecule has 0 bridgehead atoms. The fourth-order valence-electron chi connectivity index (χ4n) is 2.83. The van der Waals surface area contributed by atoms with Crippen molar-refractivity contribution in [3.63, 3.8) is 0 Å². The number of nitrogens with zero attached hydrogens (tertiary/aromatic N) is 1. The highest BCUT2D eigenvalue weighted by Crippen LogP contribution is 2.13. The molecule has 0 aromatic carbocycles. The van der Waals surface area contributed by atoms with Gasteiger partial charge in [-0.15, -0.1) is 0 Å². The lowest BCUT2D eigenvalue weighted by atomic mass is 9.97. The lowest BCUT2D eigenvalue weighted by Crippen LogP contribution is -2.53. The van der Waals surface area contributed by atoms with Crippen molar-refractivity contribution in [3.05, 3.63) is 0 Å². The quantitative estimate of drug-likeness (QED) is 0.632. The van der Waals surface area contributed by atoms with E-state index in [0.29, 0.717) is 0 Å². The highest BCUT2D eigenvalue weighted by molar-refractivity contribution is 4.81. The summed E-state index contributed by atoms with van der Waals surface area (Å²) in [6.45, 7) is 12.0. The third-order valence-corrected chi connectivity index (χ3v) is 4.45. The Morgan fingerprint density at radius 1 is 1.11 bits per heavy atom. The molecule has 0 aliphatic carbocycles. The highest BCUT2D eigenvalue weighted by atomic mass is 15.2. The lowest BCUT2D eigenvalue weighted by Gasteiger charge is -2.36. The van der Waals surface area contributed by atoms with Crippen LogP contribution in [-0.4, -0.2) is 37.1 Å². The first kappa shape index (κ1) is 16.0. The topological polar surface area (TPSA) is 15.3 Å². The summed E-state index contributed by atoms with van der Waals surface area (Å²) in [6, 6.07) is 0.726. The van der Waals surface area contributed by atoms with Gasteiger partial charge in [0.1, 0.15) is 0 Å². The van der Waals surface area contributed by atoms with Gasteiger partial charge in [0.25, 0.3) is 0 Å². The van der Waals surface area contributed by atoms with Crippen LogP contribution in [-0.2, 0) is 0 Å². The number of piperazine rings is 1. The molecule has 0 amide bonds. The molecule has 0 aromatic rings. The van der Waals surface area contributed by atoms with Gasteiger partial charge in [-0.2, -0.15) is 0 Å². The van der Waals surface area contributed by atoms with E-state index >= 15 is 0 Å². The van der Waals surface area contributed by atoms with Crippen LogP contribution in [0.3, 0.4) is 0 Å². The maximum absolute atomic E-state index is 3.68. The molecule has 18 heavy (non-hydrogen) atoms. The zero-order chi connectivity index (χ0) is 13.2. The van der Waals surface area contributed by atoms with Crippen LogP contribution >= 0.6 is 0 Å². The predicted molar refractivity (Wildman–Crippen MR) is 81.1 cm³/mol. The van der Waals surface area contributed by atoms with Gasteiger partial charge in [0, 0.05) is 25.7 Å². The van der Waals surface area contributed by atoms with E-state index < -0.39 is 0 Å². The van der Waals surface area contributed by atoms with Crippen LogP contribution < -0.4 is 5.32 Å². The largest absolute Gasteiger partial charge is 0.311 e. The van der Waals surface area contributed by atoms with Gasteiger partial charge in [0.2, 0.25) is 0 Å². The molecule has 0 saturated carbocycles. The molecule has 0 spiro atoms. The van der Waals surface area contributed by atoms with E-state index in [4.69, 9.17) is 0 Å². The average Bonchev–Trinajstić information content (AvgIpc) is 2.42. The van der Waals surface area contributed by atoms with Crippen molar-refractivity contribution in [2.24, 2.45) is 5.92 Å². The minimum Gasteiger partial charge on any atom is -0.311 e. The first-order chi connectivity index (χ1) is 8.77. The van der Waals surface area contributed by atoms with Crippen molar-refractivity contribution in [2.45, 2.75) is 71.8 Å². The van der Waals surface area contributed by atoms with E-state index in [9.17, 15) is 0 Å². The molecule has 108 valence electrons. The zero-order valence-electron chi connectivity index (χ0n) is 12.9. The number of rotatable bonds is 9. The van der Waals surface area contributed by atoms with Gasteiger partial charge in [0.05, 0.1) is 0 Å². The first-order valence-corrected chi connectivity index (χ1v) is 8.23. The molecule has 2 atom stereocenters. The third-order valence-electron chi connectivity index (χ3n) is 4.45. The molecule has 1 heterocycles. The monoisotopic (exact) mass is 254 g/mol. The molecular formula is C16H34N2. The Morgan fingerprint density at radius 2 is 1.83 bits per heavy atom. The Bertz CT molecular complexity index is 194. The van der Waals surface area contributed by atoms with Gasteiger partial charge in [-0.05, 0) is 18.9 Å². The summed E-state index contributed by atoms with van der Waals surface area (Å²) in [6.07, 6.45) is 9.78. The highest BCUT2D eigenvalue weighted by Gasteiger charge is 2.22. The summed E-state index contributed by atoms with van der Waals surface area (Å²) in [5.74, 6) is 0.817. The second kappa shape index (κ2) is 9.80. The van der Waals surface area contributed by atoms with Gasteiger partial charge < -0.3 is 10.2 Å². The van der Waals surface area contributed by atoms with Crippen LogP contribution in [0.25, 0.3) is 0 Å². The van der Waals surface area contributed by atoms with Crippen molar-refractivity contribution in [2.75, 3.05) is 26.2 Å². The summed E-state index contributed by atoms with van der Waals surface area (Å²) < 4.78 is 0. The molecular weight excluding hydrogens is 220 g/mol. The number of hydrogen-bond donors (Lipinski definition) is 1. The minimum atomic E-state index is 0.726. The van der Waals surface area contributed by atoms with E-state index in [-0.39, 0.29) is 0 Å². The molecule has 1 aliphatic rings. The molecule has 2 nitrogen and oxygen atoms in total. The van der Waals surface area contributed by atoms with Crippen molar-refractivity contribution in [1.82, 2.24) is 10.2 Å². The standard InChI is InChI=1S/C16H34N2/c1-4-6-7-8-9-10-12-18-13-11-17-16(14-18)15(3)5-2/h15-17H,4-14H2,1-3H3. The van der Waals surface area contributed by atoms with Gasteiger partial charge >= 0.3 is 0 Å². The van der Waals surface area contributed by atoms with E-state index in [2.05, 4.69) is 31.0 Å². The van der Waals surface area contributed by atoms with Crippen molar-refractivity contribution in [1.29, 1.82) is 0 Å². The van der Waals surface area contributed by atoms with Crippen molar-refractivity contribution < 1.29 is 0 Å². The number of unbranched alkanes of at least 4 members (excludes halogenated alkanes) is 5. The van der Waals surface area contributed by atoms with Crippen LogP contribution in [0.15, 0.2) is 0 Å². The summed E-state index contributed by atoms with van der Waals surface area (Å²) in [5.41, 5.74) is 0. The minimum absolute atomic E-state index is 0.726. The molecule has 1 N–H and O–H groups in total. The van der Waals surface area contributed by atoms with Crippen LogP contribution in [0.1, 0.15) is 65.7 Å². The van der Waals surface area contributed by atoms with Gasteiger partial charge in [-0.25, -0.2) is 0 Å². The Labute approximate surface area is 115 Å². The molecule has 2 unspecified atom stereocenters. The Morgan fingerprint density at radius 3 is 2.56 bits per heavy atom. The van der Waals surface area contributed by atoms with E-state index in [1.165, 1.54) is 71.1 Å². The Balaban J connectivity index is 2.07. The molecule has 2 heteroatoms. The lowest BCUT2D eigenvalue weighted by molar-refractivity contribution is 0.166. The molecule has 1 fully saturated rings. The SMILES string of the molecule is CCCCCCCCN1CCNC(C(C)CC)C1. The van der Waals surface area contributed by atoms with Gasteiger partial charge in [-0.1, -0.05) is 59.3 Å². The second-order valence-corrected chi connectivity index (χ2v) is 6.01. The van der Waals surface area contributed by atoms with Crippen LogP contribution in [0, 0.1) is 5.92 Å². The average molecular weight is 254 g/mol. The number of nitrogens with one attached hydrogen (secondary N) is 1. The van der Waals surface area contributed by atoms with E-state index in [0.717, 1.165) is 12.0 Å². The zero-order valence-corrected chi connectivity index (χ0v) is 12.9. The molecule has 0 radical (unpaired) electrons. The van der Waals surface area contributed by atoms with Crippen LogP contribution in [0.4, 0.5) is 0 Å².